The van der Waals surface area contributed by atoms with Gasteiger partial charge in [-0.2, -0.15) is 26.3 Å². The predicted molar refractivity (Wildman–Crippen MR) is 141 cm³/mol. The van der Waals surface area contributed by atoms with E-state index in [2.05, 4.69) is 16.0 Å². The maximum absolute atomic E-state index is 13.3. The number of anilines is 1. The third kappa shape index (κ3) is 6.70. The van der Waals surface area contributed by atoms with Crippen molar-refractivity contribution in [1.82, 2.24) is 15.5 Å². The first-order chi connectivity index (χ1) is 19.8. The van der Waals surface area contributed by atoms with Crippen LogP contribution in [0.3, 0.4) is 0 Å². The normalized spacial score (nSPS) is 26.6. The molecule has 2 heterocycles. The van der Waals surface area contributed by atoms with Crippen LogP contribution in [0.15, 0.2) is 18.2 Å². The number of amides is 3. The summed E-state index contributed by atoms with van der Waals surface area (Å²) in [4.78, 5) is 38.7. The second-order valence-corrected chi connectivity index (χ2v) is 12.3. The SMILES string of the molecule is O=C1CC[C@@H](N2Cc3c(N[C@H](CCCC(F)(F)F)C4CCC(NCC5(C(F)(F)F)CC5)CC4)cccc3C2=O)C(=O)N1. The second-order valence-electron chi connectivity index (χ2n) is 12.3. The molecule has 0 spiro atoms. The second kappa shape index (κ2) is 11.7. The van der Waals surface area contributed by atoms with E-state index < -0.39 is 36.1 Å². The Hall–Kier alpha value is -2.83. The Morgan fingerprint density at radius 1 is 1.00 bits per heavy atom. The van der Waals surface area contributed by atoms with Gasteiger partial charge in [-0.1, -0.05) is 6.07 Å². The summed E-state index contributed by atoms with van der Waals surface area (Å²) < 4.78 is 78.9. The van der Waals surface area contributed by atoms with Crippen molar-refractivity contribution in [3.05, 3.63) is 29.3 Å². The molecule has 232 valence electrons. The van der Waals surface area contributed by atoms with Gasteiger partial charge in [0.2, 0.25) is 11.8 Å². The fourth-order valence-electron chi connectivity index (χ4n) is 6.65. The Kier molecular flexibility index (Phi) is 8.52. The lowest BCUT2D eigenvalue weighted by Crippen LogP contribution is -2.52. The van der Waals surface area contributed by atoms with E-state index in [1.54, 1.807) is 18.2 Å². The van der Waals surface area contributed by atoms with E-state index in [9.17, 15) is 40.7 Å². The van der Waals surface area contributed by atoms with Crippen LogP contribution >= 0.6 is 0 Å². The standard InChI is InChI=1S/C29H36F6N4O3/c30-28(31,32)12-2-5-21(17-6-8-18(9-7-17)36-16-27(13-14-27)29(33,34)35)37-22-4-1-3-19-20(22)15-39(26(19)42)23-10-11-24(40)38-25(23)41/h1,3-4,17-18,21,23,36-37H,2,5-16H2,(H,38,40,41)/t17?,18?,21-,23-/m1/s1. The molecule has 0 radical (unpaired) electrons. The van der Waals surface area contributed by atoms with Crippen molar-refractivity contribution >= 4 is 23.4 Å². The highest BCUT2D eigenvalue weighted by molar-refractivity contribution is 6.06. The van der Waals surface area contributed by atoms with E-state index in [-0.39, 0.29) is 81.4 Å². The minimum atomic E-state index is -4.29. The Bertz CT molecular complexity index is 1190. The fourth-order valence-corrected chi connectivity index (χ4v) is 6.65. The van der Waals surface area contributed by atoms with Crippen LogP contribution in [0, 0.1) is 11.3 Å². The Balaban J connectivity index is 1.25. The Morgan fingerprint density at radius 3 is 2.33 bits per heavy atom. The van der Waals surface area contributed by atoms with Gasteiger partial charge >= 0.3 is 12.4 Å². The molecule has 2 aliphatic heterocycles. The van der Waals surface area contributed by atoms with Crippen LogP contribution in [-0.2, 0) is 16.1 Å². The van der Waals surface area contributed by atoms with E-state index in [0.717, 1.165) is 0 Å². The summed E-state index contributed by atoms with van der Waals surface area (Å²) in [7, 11) is 0. The first-order valence-electron chi connectivity index (χ1n) is 14.7. The first kappa shape index (κ1) is 30.6. The average molecular weight is 603 g/mol. The molecule has 7 nitrogen and oxygen atoms in total. The van der Waals surface area contributed by atoms with E-state index in [1.165, 1.54) is 4.90 Å². The molecule has 5 rings (SSSR count). The average Bonchev–Trinajstić information content (AvgIpc) is 3.65. The van der Waals surface area contributed by atoms with Crippen molar-refractivity contribution in [2.75, 3.05) is 11.9 Å². The molecule has 2 saturated carbocycles. The summed E-state index contributed by atoms with van der Waals surface area (Å²) >= 11 is 0. The number of hydrogen-bond acceptors (Lipinski definition) is 5. The monoisotopic (exact) mass is 602 g/mol. The number of halogens is 6. The molecule has 3 N–H and O–H groups in total. The number of hydrogen-bond donors (Lipinski definition) is 3. The highest BCUT2D eigenvalue weighted by atomic mass is 19.4. The number of alkyl halides is 6. The minimum absolute atomic E-state index is 0.00739. The summed E-state index contributed by atoms with van der Waals surface area (Å²) in [5.74, 6) is -1.24. The predicted octanol–water partition coefficient (Wildman–Crippen LogP) is 5.45. The summed E-state index contributed by atoms with van der Waals surface area (Å²) in [5.41, 5.74) is 0.0579. The van der Waals surface area contributed by atoms with Crippen LogP contribution in [0.1, 0.15) is 86.6 Å². The van der Waals surface area contributed by atoms with Gasteiger partial charge in [0, 0.05) is 54.8 Å². The molecule has 2 atom stereocenters. The number of carbonyl (C=O) groups is 3. The maximum atomic E-state index is 13.3. The number of benzene rings is 1. The zero-order valence-corrected chi connectivity index (χ0v) is 23.2. The summed E-state index contributed by atoms with van der Waals surface area (Å²) in [6.45, 7) is 0.0312. The minimum Gasteiger partial charge on any atom is -0.382 e. The van der Waals surface area contributed by atoms with E-state index in [1.807, 2.05) is 0 Å². The highest BCUT2D eigenvalue weighted by Crippen LogP contribution is 2.57. The molecule has 0 aromatic heterocycles. The van der Waals surface area contributed by atoms with Crippen molar-refractivity contribution in [1.29, 1.82) is 0 Å². The third-order valence-electron chi connectivity index (χ3n) is 9.42. The van der Waals surface area contributed by atoms with Crippen LogP contribution in [0.4, 0.5) is 32.0 Å². The van der Waals surface area contributed by atoms with Crippen molar-refractivity contribution < 1.29 is 40.7 Å². The lowest BCUT2D eigenvalue weighted by molar-refractivity contribution is -0.186. The lowest BCUT2D eigenvalue weighted by atomic mass is 9.79. The van der Waals surface area contributed by atoms with Crippen LogP contribution in [0.2, 0.25) is 0 Å². The molecular weight excluding hydrogens is 566 g/mol. The van der Waals surface area contributed by atoms with Gasteiger partial charge in [-0.15, -0.1) is 0 Å². The van der Waals surface area contributed by atoms with Crippen LogP contribution in [0.5, 0.6) is 0 Å². The Morgan fingerprint density at radius 2 is 1.71 bits per heavy atom. The number of imide groups is 1. The molecular formula is C29H36F6N4O3. The summed E-state index contributed by atoms with van der Waals surface area (Å²) in [6.07, 6.45) is -6.10. The lowest BCUT2D eigenvalue weighted by Gasteiger charge is -2.36. The number of fused-ring (bicyclic) bond motifs is 1. The van der Waals surface area contributed by atoms with Gasteiger partial charge in [-0.05, 0) is 75.8 Å². The van der Waals surface area contributed by atoms with Crippen LogP contribution in [0.25, 0.3) is 0 Å². The first-order valence-corrected chi connectivity index (χ1v) is 14.7. The molecule has 3 amide bonds. The van der Waals surface area contributed by atoms with Crippen LogP contribution < -0.4 is 16.0 Å². The highest BCUT2D eigenvalue weighted by Gasteiger charge is 2.62. The summed E-state index contributed by atoms with van der Waals surface area (Å²) in [5, 5.41) is 8.80. The van der Waals surface area contributed by atoms with Crippen molar-refractivity contribution in [3.63, 3.8) is 0 Å². The van der Waals surface area contributed by atoms with E-state index in [0.29, 0.717) is 42.5 Å². The van der Waals surface area contributed by atoms with Gasteiger partial charge in [0.25, 0.3) is 5.91 Å². The molecule has 3 fully saturated rings. The van der Waals surface area contributed by atoms with Crippen molar-refractivity contribution in [2.45, 2.75) is 108 Å². The quantitative estimate of drug-likeness (QED) is 0.245. The smallest absolute Gasteiger partial charge is 0.382 e. The summed E-state index contributed by atoms with van der Waals surface area (Å²) in [6, 6.07) is 3.93. The molecule has 1 aromatic carbocycles. The van der Waals surface area contributed by atoms with Crippen molar-refractivity contribution in [3.8, 4) is 0 Å². The number of rotatable bonds is 10. The fraction of sp³-hybridized carbons (Fsp3) is 0.690. The molecule has 1 aromatic rings. The van der Waals surface area contributed by atoms with Crippen LogP contribution in [-0.4, -0.2) is 59.6 Å². The van der Waals surface area contributed by atoms with Gasteiger partial charge in [0.15, 0.2) is 0 Å². The maximum Gasteiger partial charge on any atom is 0.395 e. The van der Waals surface area contributed by atoms with Gasteiger partial charge in [0.05, 0.1) is 5.41 Å². The molecule has 42 heavy (non-hydrogen) atoms. The number of carbonyl (C=O) groups excluding carboxylic acids is 3. The number of piperidine rings is 1. The van der Waals surface area contributed by atoms with Crippen molar-refractivity contribution in [2.24, 2.45) is 11.3 Å². The number of nitrogens with one attached hydrogen (secondary N) is 3. The largest absolute Gasteiger partial charge is 0.395 e. The molecule has 0 unspecified atom stereocenters. The molecule has 4 aliphatic rings. The van der Waals surface area contributed by atoms with Gasteiger partial charge in [0.1, 0.15) is 6.04 Å². The van der Waals surface area contributed by atoms with Gasteiger partial charge in [-0.3, -0.25) is 19.7 Å². The van der Waals surface area contributed by atoms with E-state index >= 15 is 0 Å². The zero-order chi connectivity index (χ0) is 30.3. The molecule has 1 saturated heterocycles. The van der Waals surface area contributed by atoms with E-state index in [4.69, 9.17) is 0 Å². The topological polar surface area (TPSA) is 90.5 Å². The zero-order valence-electron chi connectivity index (χ0n) is 23.2. The molecule has 13 heteroatoms. The Labute approximate surface area is 240 Å². The number of nitrogens with zero attached hydrogens (tertiary/aromatic N) is 1. The molecule has 0 bridgehead atoms. The molecule has 2 aliphatic carbocycles. The van der Waals surface area contributed by atoms with Gasteiger partial charge < -0.3 is 15.5 Å². The van der Waals surface area contributed by atoms with Gasteiger partial charge in [-0.25, -0.2) is 0 Å². The third-order valence-corrected chi connectivity index (χ3v) is 9.42.